The van der Waals surface area contributed by atoms with Gasteiger partial charge in [-0.15, -0.1) is 0 Å². The van der Waals surface area contributed by atoms with Gasteiger partial charge in [0, 0.05) is 6.54 Å². The summed E-state index contributed by atoms with van der Waals surface area (Å²) >= 11 is 0. The molecule has 0 spiro atoms. The predicted octanol–water partition coefficient (Wildman–Crippen LogP) is 3.03. The summed E-state index contributed by atoms with van der Waals surface area (Å²) in [4.78, 5) is 22.3. The molecule has 2 aromatic heterocycles. The molecule has 0 unspecified atom stereocenters. The average Bonchev–Trinajstić information content (AvgIpc) is 3.14. The van der Waals surface area contributed by atoms with Gasteiger partial charge in [0.1, 0.15) is 5.39 Å². The minimum absolute atomic E-state index is 0.169. The molecule has 0 saturated carbocycles. The van der Waals surface area contributed by atoms with Crippen molar-refractivity contribution in [3.05, 3.63) is 46.9 Å². The lowest BCUT2D eigenvalue weighted by Crippen LogP contribution is -2.33. The van der Waals surface area contributed by atoms with Crippen LogP contribution in [-0.2, 0) is 0 Å². The molecule has 148 valence electrons. The molecule has 1 aliphatic heterocycles. The zero-order valence-electron chi connectivity index (χ0n) is 16.4. The van der Waals surface area contributed by atoms with E-state index in [-0.39, 0.29) is 5.56 Å². The third kappa shape index (κ3) is 4.25. The van der Waals surface area contributed by atoms with Gasteiger partial charge in [0.15, 0.2) is 5.65 Å². The molecule has 1 fully saturated rings. The van der Waals surface area contributed by atoms with Gasteiger partial charge in [-0.1, -0.05) is 25.1 Å². The van der Waals surface area contributed by atoms with Crippen LogP contribution in [0.3, 0.4) is 0 Å². The number of hydrogen-bond donors (Lipinski definition) is 2. The summed E-state index contributed by atoms with van der Waals surface area (Å²) in [6.07, 6.45) is 6.40. The molecule has 7 nitrogen and oxygen atoms in total. The van der Waals surface area contributed by atoms with Crippen LogP contribution in [0.1, 0.15) is 32.6 Å². The maximum Gasteiger partial charge on any atom is 0.263 e. The Morgan fingerprint density at radius 1 is 1.18 bits per heavy atom. The van der Waals surface area contributed by atoms with Crippen molar-refractivity contribution in [2.45, 2.75) is 32.6 Å². The number of fused-ring (bicyclic) bond motifs is 1. The van der Waals surface area contributed by atoms with E-state index in [1.807, 2.05) is 30.3 Å². The van der Waals surface area contributed by atoms with Crippen molar-refractivity contribution in [3.8, 4) is 5.69 Å². The number of anilines is 1. The summed E-state index contributed by atoms with van der Waals surface area (Å²) in [7, 11) is 0. The van der Waals surface area contributed by atoms with Crippen molar-refractivity contribution in [3.63, 3.8) is 0 Å². The lowest BCUT2D eigenvalue weighted by atomic mass is 9.99. The highest BCUT2D eigenvalue weighted by molar-refractivity contribution is 5.76. The van der Waals surface area contributed by atoms with Crippen molar-refractivity contribution in [2.75, 3.05) is 31.5 Å². The van der Waals surface area contributed by atoms with Gasteiger partial charge >= 0.3 is 0 Å². The number of nitrogens with one attached hydrogen (secondary N) is 2. The summed E-state index contributed by atoms with van der Waals surface area (Å²) in [6.45, 7) is 6.74. The van der Waals surface area contributed by atoms with E-state index in [4.69, 9.17) is 0 Å². The summed E-state index contributed by atoms with van der Waals surface area (Å²) in [5.41, 5.74) is 1.29. The third-order valence-corrected chi connectivity index (χ3v) is 5.51. The second-order valence-corrected chi connectivity index (χ2v) is 7.70. The SMILES string of the molecule is CC1CCN(CCCCNc2nc3c(cnn3-c3ccccc3)c(=O)[nH]2)CC1. The molecule has 0 radical (unpaired) electrons. The topological polar surface area (TPSA) is 78.8 Å². The Kier molecular flexibility index (Phi) is 5.71. The second kappa shape index (κ2) is 8.56. The number of aromatic amines is 1. The Labute approximate surface area is 164 Å². The quantitative estimate of drug-likeness (QED) is 0.616. The van der Waals surface area contributed by atoms with Crippen molar-refractivity contribution < 1.29 is 0 Å². The molecule has 0 amide bonds. The van der Waals surface area contributed by atoms with Gasteiger partial charge in [0.05, 0.1) is 11.9 Å². The van der Waals surface area contributed by atoms with Gasteiger partial charge in [0.25, 0.3) is 5.56 Å². The lowest BCUT2D eigenvalue weighted by molar-refractivity contribution is 0.190. The number of likely N-dealkylation sites (tertiary alicyclic amines) is 1. The Bertz CT molecular complexity index is 956. The summed E-state index contributed by atoms with van der Waals surface area (Å²) in [6, 6.07) is 9.73. The van der Waals surface area contributed by atoms with E-state index in [2.05, 4.69) is 32.2 Å². The first-order valence-corrected chi connectivity index (χ1v) is 10.2. The van der Waals surface area contributed by atoms with E-state index in [1.54, 1.807) is 10.9 Å². The highest BCUT2D eigenvalue weighted by Crippen LogP contribution is 2.16. The monoisotopic (exact) mass is 380 g/mol. The molecular weight excluding hydrogens is 352 g/mol. The number of unbranched alkanes of at least 4 members (excludes halogenated alkanes) is 1. The number of benzene rings is 1. The fourth-order valence-electron chi connectivity index (χ4n) is 3.71. The molecule has 0 bridgehead atoms. The normalized spacial score (nSPS) is 15.9. The molecule has 1 aliphatic rings. The first-order chi connectivity index (χ1) is 13.7. The Morgan fingerprint density at radius 2 is 1.96 bits per heavy atom. The highest BCUT2D eigenvalue weighted by atomic mass is 16.1. The molecule has 3 aromatic rings. The molecule has 1 aromatic carbocycles. The summed E-state index contributed by atoms with van der Waals surface area (Å²) in [5.74, 6) is 1.38. The molecular formula is C21H28N6O. The molecule has 7 heteroatoms. The van der Waals surface area contributed by atoms with Crippen LogP contribution in [0.15, 0.2) is 41.3 Å². The van der Waals surface area contributed by atoms with Gasteiger partial charge in [-0.3, -0.25) is 9.78 Å². The first kappa shape index (κ1) is 18.7. The second-order valence-electron chi connectivity index (χ2n) is 7.70. The zero-order valence-corrected chi connectivity index (χ0v) is 16.4. The molecule has 2 N–H and O–H groups in total. The van der Waals surface area contributed by atoms with Crippen LogP contribution in [0.25, 0.3) is 16.7 Å². The van der Waals surface area contributed by atoms with Crippen molar-refractivity contribution >= 4 is 17.0 Å². The standard InChI is InChI=1S/C21H28N6O/c1-16-9-13-26(14-10-16)12-6-5-11-22-21-24-19-18(20(28)25-21)15-23-27(19)17-7-3-2-4-8-17/h2-4,7-8,15-16H,5-6,9-14H2,1H3,(H2,22,24,25,28). The first-order valence-electron chi connectivity index (χ1n) is 10.2. The lowest BCUT2D eigenvalue weighted by Gasteiger charge is -2.30. The van der Waals surface area contributed by atoms with Crippen molar-refractivity contribution in [1.29, 1.82) is 0 Å². The smallest absolute Gasteiger partial charge is 0.263 e. The van der Waals surface area contributed by atoms with E-state index in [1.165, 1.54) is 25.9 Å². The minimum Gasteiger partial charge on any atom is -0.356 e. The van der Waals surface area contributed by atoms with Gasteiger partial charge in [-0.25, -0.2) is 4.68 Å². The van der Waals surface area contributed by atoms with Crippen molar-refractivity contribution in [1.82, 2.24) is 24.6 Å². The Hall–Kier alpha value is -2.67. The van der Waals surface area contributed by atoms with Crippen LogP contribution in [0.2, 0.25) is 0 Å². The fourth-order valence-corrected chi connectivity index (χ4v) is 3.71. The molecule has 3 heterocycles. The zero-order chi connectivity index (χ0) is 19.3. The highest BCUT2D eigenvalue weighted by Gasteiger charge is 2.15. The van der Waals surface area contributed by atoms with E-state index in [0.29, 0.717) is 17.0 Å². The Morgan fingerprint density at radius 3 is 2.75 bits per heavy atom. The number of aromatic nitrogens is 4. The summed E-state index contributed by atoms with van der Waals surface area (Å²) < 4.78 is 1.70. The molecule has 0 aliphatic carbocycles. The third-order valence-electron chi connectivity index (χ3n) is 5.51. The van der Waals surface area contributed by atoms with E-state index in [9.17, 15) is 4.79 Å². The van der Waals surface area contributed by atoms with Gasteiger partial charge < -0.3 is 10.2 Å². The molecule has 1 saturated heterocycles. The largest absolute Gasteiger partial charge is 0.356 e. The minimum atomic E-state index is -0.169. The van der Waals surface area contributed by atoms with Crippen molar-refractivity contribution in [2.24, 2.45) is 5.92 Å². The molecule has 0 atom stereocenters. The maximum absolute atomic E-state index is 12.4. The van der Waals surface area contributed by atoms with E-state index < -0.39 is 0 Å². The number of nitrogens with zero attached hydrogens (tertiary/aromatic N) is 4. The number of rotatable bonds is 7. The van der Waals surface area contributed by atoms with Crippen LogP contribution < -0.4 is 10.9 Å². The number of H-pyrrole nitrogens is 1. The van der Waals surface area contributed by atoms with Crippen LogP contribution in [0.4, 0.5) is 5.95 Å². The number of piperidine rings is 1. The van der Waals surface area contributed by atoms with Crippen LogP contribution in [-0.4, -0.2) is 50.8 Å². The number of hydrogen-bond acceptors (Lipinski definition) is 5. The fraction of sp³-hybridized carbons (Fsp3) is 0.476. The summed E-state index contributed by atoms with van der Waals surface area (Å²) in [5, 5.41) is 8.09. The Balaban J connectivity index is 1.36. The molecule has 28 heavy (non-hydrogen) atoms. The number of para-hydroxylation sites is 1. The van der Waals surface area contributed by atoms with Crippen LogP contribution in [0, 0.1) is 5.92 Å². The van der Waals surface area contributed by atoms with Crippen LogP contribution >= 0.6 is 0 Å². The van der Waals surface area contributed by atoms with E-state index in [0.717, 1.165) is 37.5 Å². The average molecular weight is 380 g/mol. The van der Waals surface area contributed by atoms with E-state index >= 15 is 0 Å². The molecule has 4 rings (SSSR count). The van der Waals surface area contributed by atoms with Crippen LogP contribution in [0.5, 0.6) is 0 Å². The maximum atomic E-state index is 12.4. The van der Waals surface area contributed by atoms with Gasteiger partial charge in [0.2, 0.25) is 5.95 Å². The van der Waals surface area contributed by atoms with Gasteiger partial charge in [-0.2, -0.15) is 10.1 Å². The van der Waals surface area contributed by atoms with Gasteiger partial charge in [-0.05, 0) is 63.4 Å². The predicted molar refractivity (Wildman–Crippen MR) is 112 cm³/mol.